The molecule has 0 unspecified atom stereocenters. The predicted molar refractivity (Wildman–Crippen MR) is 123 cm³/mol. The SMILES string of the molecule is Cc1cncc([CH]=[Ti]([O]c2cccc3ccccc23)[O]c2cccc3ccccc23)c1. The van der Waals surface area contributed by atoms with E-state index < -0.39 is 18.2 Å². The van der Waals surface area contributed by atoms with E-state index in [2.05, 4.69) is 51.8 Å². The van der Waals surface area contributed by atoms with Gasteiger partial charge in [0.2, 0.25) is 0 Å². The molecule has 0 saturated heterocycles. The monoisotopic (exact) mass is 439 g/mol. The first kappa shape index (κ1) is 19.7. The zero-order valence-electron chi connectivity index (χ0n) is 17.2. The van der Waals surface area contributed by atoms with Gasteiger partial charge >= 0.3 is 189 Å². The van der Waals surface area contributed by atoms with E-state index in [1.54, 1.807) is 0 Å². The average molecular weight is 439 g/mol. The van der Waals surface area contributed by atoms with Crippen LogP contribution in [0.15, 0.2) is 103 Å². The number of aryl methyl sites for hydroxylation is 1. The Hall–Kier alpha value is -3.27. The van der Waals surface area contributed by atoms with Gasteiger partial charge in [-0.05, 0) is 0 Å². The summed E-state index contributed by atoms with van der Waals surface area (Å²) in [7, 11) is 0. The molecule has 5 rings (SSSR count). The number of aromatic nitrogens is 1. The van der Waals surface area contributed by atoms with Crippen molar-refractivity contribution < 1.29 is 24.8 Å². The maximum atomic E-state index is 6.59. The molecule has 0 aliphatic carbocycles. The zero-order chi connectivity index (χ0) is 21.0. The molecule has 4 heteroatoms. The summed E-state index contributed by atoms with van der Waals surface area (Å²) >= 11 is -2.65. The van der Waals surface area contributed by atoms with E-state index in [1.807, 2.05) is 67.8 Å². The van der Waals surface area contributed by atoms with Gasteiger partial charge in [0.15, 0.2) is 0 Å². The molecule has 0 spiro atoms. The molecule has 0 saturated carbocycles. The molecule has 1 aromatic heterocycles. The number of hydrogen-bond acceptors (Lipinski definition) is 3. The third kappa shape index (κ3) is 4.43. The van der Waals surface area contributed by atoms with Gasteiger partial charge in [0.05, 0.1) is 0 Å². The van der Waals surface area contributed by atoms with Crippen LogP contribution in [0.2, 0.25) is 0 Å². The third-order valence-electron chi connectivity index (χ3n) is 5.10. The van der Waals surface area contributed by atoms with Gasteiger partial charge in [0.1, 0.15) is 0 Å². The van der Waals surface area contributed by atoms with Gasteiger partial charge in [-0.25, -0.2) is 0 Å². The maximum absolute atomic E-state index is 6.59. The van der Waals surface area contributed by atoms with Crippen molar-refractivity contribution in [3.63, 3.8) is 0 Å². The van der Waals surface area contributed by atoms with Crippen LogP contribution in [0.1, 0.15) is 11.1 Å². The molecule has 0 fully saturated rings. The molecule has 0 amide bonds. The predicted octanol–water partition coefficient (Wildman–Crippen LogP) is 6.45. The number of pyridine rings is 1. The normalized spacial score (nSPS) is 10.7. The van der Waals surface area contributed by atoms with Crippen LogP contribution >= 0.6 is 0 Å². The van der Waals surface area contributed by atoms with Gasteiger partial charge in [-0.15, -0.1) is 0 Å². The van der Waals surface area contributed by atoms with Crippen molar-refractivity contribution >= 4 is 25.9 Å². The molecule has 0 atom stereocenters. The van der Waals surface area contributed by atoms with Crippen LogP contribution in [0.5, 0.6) is 11.5 Å². The van der Waals surface area contributed by atoms with E-state index in [4.69, 9.17) is 6.64 Å². The van der Waals surface area contributed by atoms with Gasteiger partial charge in [-0.3, -0.25) is 0 Å². The molecule has 31 heavy (non-hydrogen) atoms. The van der Waals surface area contributed by atoms with Crippen LogP contribution in [0.25, 0.3) is 21.5 Å². The molecule has 4 aromatic carbocycles. The summed E-state index contributed by atoms with van der Waals surface area (Å²) in [6.45, 7) is 2.04. The summed E-state index contributed by atoms with van der Waals surface area (Å²) in [5, 5.41) is 4.49. The fourth-order valence-corrected chi connectivity index (χ4v) is 5.81. The molecule has 0 aliphatic rings. The molecule has 5 aromatic rings. The molecule has 3 nitrogen and oxygen atoms in total. The molecule has 0 radical (unpaired) electrons. The van der Waals surface area contributed by atoms with Crippen LogP contribution in [-0.2, 0) is 18.2 Å². The fraction of sp³-hybridized carbons (Fsp3) is 0.0370. The van der Waals surface area contributed by atoms with Crippen molar-refractivity contribution in [2.45, 2.75) is 6.92 Å². The quantitative estimate of drug-likeness (QED) is 0.295. The fourth-order valence-electron chi connectivity index (χ4n) is 3.66. The number of nitrogens with zero attached hydrogens (tertiary/aromatic N) is 1. The first-order chi connectivity index (χ1) is 15.3. The Balaban J connectivity index is 1.59. The van der Waals surface area contributed by atoms with Gasteiger partial charge in [0.25, 0.3) is 0 Å². The Bertz CT molecular complexity index is 1320. The average Bonchev–Trinajstić information content (AvgIpc) is 2.80. The zero-order valence-corrected chi connectivity index (χ0v) is 18.7. The topological polar surface area (TPSA) is 31.4 Å². The molecule has 150 valence electrons. The molecule has 0 bridgehead atoms. The van der Waals surface area contributed by atoms with Crippen molar-refractivity contribution in [1.29, 1.82) is 0 Å². The van der Waals surface area contributed by atoms with Crippen molar-refractivity contribution in [1.82, 2.24) is 4.98 Å². The number of fused-ring (bicyclic) bond motifs is 2. The summed E-state index contributed by atoms with van der Waals surface area (Å²) in [5.41, 5.74) is 2.14. The van der Waals surface area contributed by atoms with Gasteiger partial charge < -0.3 is 0 Å². The first-order valence-corrected chi connectivity index (χ1v) is 12.4. The molecular weight excluding hydrogens is 418 g/mol. The van der Waals surface area contributed by atoms with E-state index in [0.29, 0.717) is 0 Å². The van der Waals surface area contributed by atoms with E-state index in [0.717, 1.165) is 44.2 Å². The standard InChI is InChI=1S/2C10H8O.C7H7N.Ti/c2*11-10-7-3-5-8-4-1-2-6-9(8)10;1-6-3-7(2)5-8-4-6;/h2*1-7,11H;1,3-5H,2H3;/q;;;+2/p-2. The van der Waals surface area contributed by atoms with E-state index in [9.17, 15) is 0 Å². The first-order valence-electron chi connectivity index (χ1n) is 10.2. The molecular formula is C27H21NO2Ti. The Kier molecular flexibility index (Phi) is 5.62. The van der Waals surface area contributed by atoms with Crippen molar-refractivity contribution in [3.8, 4) is 11.5 Å². The minimum atomic E-state index is -2.65. The summed E-state index contributed by atoms with van der Waals surface area (Å²) in [4.78, 5) is 4.34. The Morgan fingerprint density at radius 1 is 0.677 bits per heavy atom. The summed E-state index contributed by atoms with van der Waals surface area (Å²) in [6, 6.07) is 30.9. The van der Waals surface area contributed by atoms with Crippen molar-refractivity contribution in [2.24, 2.45) is 0 Å². The van der Waals surface area contributed by atoms with Crippen molar-refractivity contribution in [3.05, 3.63) is 115 Å². The Morgan fingerprint density at radius 3 is 1.81 bits per heavy atom. The number of rotatable bonds is 5. The van der Waals surface area contributed by atoms with Crippen molar-refractivity contribution in [2.75, 3.05) is 0 Å². The van der Waals surface area contributed by atoms with Gasteiger partial charge in [-0.1, -0.05) is 0 Å². The van der Waals surface area contributed by atoms with Crippen LogP contribution in [-0.4, -0.2) is 9.30 Å². The summed E-state index contributed by atoms with van der Waals surface area (Å²) < 4.78 is 15.3. The van der Waals surface area contributed by atoms with E-state index in [1.165, 1.54) is 0 Å². The number of hydrogen-bond donors (Lipinski definition) is 0. The second-order valence-corrected chi connectivity index (χ2v) is 9.50. The van der Waals surface area contributed by atoms with E-state index >= 15 is 0 Å². The number of benzene rings is 4. The third-order valence-corrected chi connectivity index (χ3v) is 7.30. The van der Waals surface area contributed by atoms with Crippen LogP contribution in [0.4, 0.5) is 0 Å². The molecule has 0 N–H and O–H groups in total. The molecule has 0 aliphatic heterocycles. The van der Waals surface area contributed by atoms with Gasteiger partial charge in [-0.2, -0.15) is 0 Å². The van der Waals surface area contributed by atoms with E-state index in [-0.39, 0.29) is 0 Å². The second-order valence-electron chi connectivity index (χ2n) is 7.42. The summed E-state index contributed by atoms with van der Waals surface area (Å²) in [5.74, 6) is 1.70. The summed E-state index contributed by atoms with van der Waals surface area (Å²) in [6.07, 6.45) is 3.72. The Labute approximate surface area is 188 Å². The Morgan fingerprint density at radius 2 is 1.23 bits per heavy atom. The van der Waals surface area contributed by atoms with Crippen LogP contribution in [0.3, 0.4) is 0 Å². The molecule has 1 heterocycles. The second kappa shape index (κ2) is 8.85. The minimum absolute atomic E-state index is 0.852. The van der Waals surface area contributed by atoms with Crippen LogP contribution < -0.4 is 6.64 Å². The van der Waals surface area contributed by atoms with Crippen LogP contribution in [0, 0.1) is 6.92 Å². The van der Waals surface area contributed by atoms with Gasteiger partial charge in [0, 0.05) is 0 Å².